The van der Waals surface area contributed by atoms with Gasteiger partial charge in [0, 0.05) is 24.2 Å². The van der Waals surface area contributed by atoms with Crippen molar-refractivity contribution in [2.45, 2.75) is 44.4 Å². The monoisotopic (exact) mass is 256 g/mol. The van der Waals surface area contributed by atoms with E-state index in [0.29, 0.717) is 6.04 Å². The molecule has 1 heterocycles. The van der Waals surface area contributed by atoms with E-state index in [2.05, 4.69) is 34.6 Å². The Morgan fingerprint density at radius 2 is 1.89 bits per heavy atom. The molecule has 3 heteroatoms. The van der Waals surface area contributed by atoms with E-state index < -0.39 is 0 Å². The van der Waals surface area contributed by atoms with E-state index in [4.69, 9.17) is 0 Å². The van der Waals surface area contributed by atoms with Gasteiger partial charge in [-0.1, -0.05) is 24.3 Å². The average molecular weight is 256 g/mol. The number of aromatic nitrogens is 1. The minimum absolute atomic E-state index is 0.0859. The molecule has 0 bridgehead atoms. The van der Waals surface area contributed by atoms with Gasteiger partial charge in [-0.3, -0.25) is 4.98 Å². The van der Waals surface area contributed by atoms with E-state index in [1.165, 1.54) is 10.9 Å². The quantitative estimate of drug-likeness (QED) is 0.887. The number of pyridine rings is 1. The first-order valence-electron chi connectivity index (χ1n) is 7.07. The van der Waals surface area contributed by atoms with Gasteiger partial charge >= 0.3 is 0 Å². The van der Waals surface area contributed by atoms with Gasteiger partial charge in [-0.2, -0.15) is 0 Å². The average Bonchev–Trinajstić information content (AvgIpc) is 2.47. The second-order valence-corrected chi connectivity index (χ2v) is 5.38. The summed E-state index contributed by atoms with van der Waals surface area (Å²) < 4.78 is 0. The molecule has 0 spiro atoms. The molecule has 100 valence electrons. The molecule has 1 aromatic carbocycles. The molecule has 1 saturated carbocycles. The highest BCUT2D eigenvalue weighted by Gasteiger charge is 2.18. The Kier molecular flexibility index (Phi) is 3.76. The first kappa shape index (κ1) is 12.6. The van der Waals surface area contributed by atoms with Crippen LogP contribution in [-0.4, -0.2) is 22.2 Å². The number of nitrogens with zero attached hydrogens (tertiary/aromatic N) is 1. The number of hydrogen-bond acceptors (Lipinski definition) is 3. The zero-order valence-corrected chi connectivity index (χ0v) is 11.0. The fourth-order valence-electron chi connectivity index (χ4n) is 2.84. The summed E-state index contributed by atoms with van der Waals surface area (Å²) in [5.74, 6) is 0. The maximum atomic E-state index is 9.52. The summed E-state index contributed by atoms with van der Waals surface area (Å²) in [5, 5.41) is 14.3. The third-order valence-electron chi connectivity index (χ3n) is 3.99. The van der Waals surface area contributed by atoms with Crippen LogP contribution in [0.4, 0.5) is 0 Å². The predicted octanol–water partition coefficient (Wildman–Crippen LogP) is 2.63. The van der Waals surface area contributed by atoms with Gasteiger partial charge in [-0.15, -0.1) is 0 Å². The van der Waals surface area contributed by atoms with E-state index >= 15 is 0 Å². The van der Waals surface area contributed by atoms with E-state index in [9.17, 15) is 5.11 Å². The molecule has 0 unspecified atom stereocenters. The molecule has 1 aliphatic carbocycles. The maximum absolute atomic E-state index is 9.52. The Labute approximate surface area is 113 Å². The summed E-state index contributed by atoms with van der Waals surface area (Å²) in [7, 11) is 0. The van der Waals surface area contributed by atoms with Crippen LogP contribution in [0.2, 0.25) is 0 Å². The molecule has 1 aliphatic rings. The fourth-order valence-corrected chi connectivity index (χ4v) is 2.84. The lowest BCUT2D eigenvalue weighted by molar-refractivity contribution is 0.116. The summed E-state index contributed by atoms with van der Waals surface area (Å²) in [6, 6.07) is 10.9. The summed E-state index contributed by atoms with van der Waals surface area (Å²) >= 11 is 0. The predicted molar refractivity (Wildman–Crippen MR) is 76.8 cm³/mol. The van der Waals surface area contributed by atoms with Crippen LogP contribution in [0.1, 0.15) is 31.2 Å². The lowest BCUT2D eigenvalue weighted by atomic mass is 9.93. The number of aliphatic hydroxyl groups excluding tert-OH is 1. The van der Waals surface area contributed by atoms with Crippen molar-refractivity contribution in [2.24, 2.45) is 0 Å². The molecule has 0 radical (unpaired) electrons. The molecule has 0 saturated heterocycles. The standard InChI is InChI=1S/C16H20N2O/c19-15-8-6-14(7-9-15)18-11-13-4-1-3-12-5-2-10-17-16(12)13/h1-5,10,14-15,18-19H,6-9,11H2. The molecule has 2 aromatic rings. The lowest BCUT2D eigenvalue weighted by Gasteiger charge is -2.26. The third kappa shape index (κ3) is 2.94. The van der Waals surface area contributed by atoms with Gasteiger partial charge in [0.1, 0.15) is 0 Å². The Bertz CT molecular complexity index is 542. The second kappa shape index (κ2) is 5.68. The van der Waals surface area contributed by atoms with Crippen molar-refractivity contribution < 1.29 is 5.11 Å². The number of benzene rings is 1. The SMILES string of the molecule is OC1CCC(NCc2cccc3cccnc23)CC1. The minimum Gasteiger partial charge on any atom is -0.393 e. The summed E-state index contributed by atoms with van der Waals surface area (Å²) in [5.41, 5.74) is 2.34. The number of rotatable bonds is 3. The highest BCUT2D eigenvalue weighted by molar-refractivity contribution is 5.81. The first-order valence-corrected chi connectivity index (χ1v) is 7.07. The Balaban J connectivity index is 1.68. The summed E-state index contributed by atoms with van der Waals surface area (Å²) in [6.45, 7) is 0.856. The van der Waals surface area contributed by atoms with Gasteiger partial charge in [0.25, 0.3) is 0 Å². The smallest absolute Gasteiger partial charge is 0.0746 e. The van der Waals surface area contributed by atoms with Crippen LogP contribution in [0, 0.1) is 0 Å². The molecule has 3 nitrogen and oxygen atoms in total. The van der Waals surface area contributed by atoms with Crippen LogP contribution in [0.5, 0.6) is 0 Å². The van der Waals surface area contributed by atoms with Gasteiger partial charge in [0.15, 0.2) is 0 Å². The zero-order valence-electron chi connectivity index (χ0n) is 11.0. The number of aliphatic hydroxyl groups is 1. The van der Waals surface area contributed by atoms with Crippen LogP contribution in [-0.2, 0) is 6.54 Å². The van der Waals surface area contributed by atoms with Gasteiger partial charge < -0.3 is 10.4 Å². The summed E-state index contributed by atoms with van der Waals surface area (Å²) in [6.07, 6.45) is 5.75. The Morgan fingerprint density at radius 1 is 1.11 bits per heavy atom. The molecule has 2 N–H and O–H groups in total. The van der Waals surface area contributed by atoms with Crippen molar-refractivity contribution in [3.8, 4) is 0 Å². The summed E-state index contributed by atoms with van der Waals surface area (Å²) in [4.78, 5) is 4.48. The van der Waals surface area contributed by atoms with Crippen LogP contribution in [0.15, 0.2) is 36.5 Å². The number of hydrogen-bond donors (Lipinski definition) is 2. The van der Waals surface area contributed by atoms with Crippen molar-refractivity contribution in [3.05, 3.63) is 42.1 Å². The molecule has 3 rings (SSSR count). The van der Waals surface area contributed by atoms with Crippen LogP contribution in [0.3, 0.4) is 0 Å². The van der Waals surface area contributed by atoms with Crippen molar-refractivity contribution >= 4 is 10.9 Å². The van der Waals surface area contributed by atoms with Crippen molar-refractivity contribution in [3.63, 3.8) is 0 Å². The molecular weight excluding hydrogens is 236 g/mol. The van der Waals surface area contributed by atoms with E-state index in [1.807, 2.05) is 12.3 Å². The number of para-hydroxylation sites is 1. The van der Waals surface area contributed by atoms with E-state index in [1.54, 1.807) is 0 Å². The molecule has 0 aliphatic heterocycles. The van der Waals surface area contributed by atoms with Crippen LogP contribution < -0.4 is 5.32 Å². The minimum atomic E-state index is -0.0859. The Hall–Kier alpha value is -1.45. The number of nitrogens with one attached hydrogen (secondary N) is 1. The molecule has 0 atom stereocenters. The highest BCUT2D eigenvalue weighted by Crippen LogP contribution is 2.20. The Morgan fingerprint density at radius 3 is 2.74 bits per heavy atom. The van der Waals surface area contributed by atoms with Crippen molar-refractivity contribution in [1.29, 1.82) is 0 Å². The van der Waals surface area contributed by atoms with Crippen molar-refractivity contribution in [2.75, 3.05) is 0 Å². The van der Waals surface area contributed by atoms with Gasteiger partial charge in [0.05, 0.1) is 11.6 Å². The van der Waals surface area contributed by atoms with Crippen LogP contribution >= 0.6 is 0 Å². The van der Waals surface area contributed by atoms with E-state index in [-0.39, 0.29) is 6.10 Å². The van der Waals surface area contributed by atoms with Crippen LogP contribution in [0.25, 0.3) is 10.9 Å². The highest BCUT2D eigenvalue weighted by atomic mass is 16.3. The topological polar surface area (TPSA) is 45.1 Å². The normalized spacial score (nSPS) is 23.6. The zero-order chi connectivity index (χ0) is 13.1. The third-order valence-corrected chi connectivity index (χ3v) is 3.99. The maximum Gasteiger partial charge on any atom is 0.0746 e. The number of fused-ring (bicyclic) bond motifs is 1. The second-order valence-electron chi connectivity index (χ2n) is 5.38. The largest absolute Gasteiger partial charge is 0.393 e. The van der Waals surface area contributed by atoms with E-state index in [0.717, 1.165) is 37.7 Å². The van der Waals surface area contributed by atoms with Gasteiger partial charge in [-0.05, 0) is 37.3 Å². The molecule has 1 aromatic heterocycles. The first-order chi connectivity index (χ1) is 9.33. The lowest BCUT2D eigenvalue weighted by Crippen LogP contribution is -2.34. The molecule has 19 heavy (non-hydrogen) atoms. The van der Waals surface area contributed by atoms with Gasteiger partial charge in [0.2, 0.25) is 0 Å². The molecule has 1 fully saturated rings. The molecule has 0 amide bonds. The van der Waals surface area contributed by atoms with Gasteiger partial charge in [-0.25, -0.2) is 0 Å². The van der Waals surface area contributed by atoms with Crippen molar-refractivity contribution in [1.82, 2.24) is 10.3 Å². The molecular formula is C16H20N2O. The fraction of sp³-hybridized carbons (Fsp3) is 0.438.